The van der Waals surface area contributed by atoms with Gasteiger partial charge in [-0.25, -0.2) is 15.0 Å². The van der Waals surface area contributed by atoms with Gasteiger partial charge in [0.15, 0.2) is 5.65 Å². The normalized spacial score (nSPS) is 22.5. The van der Waals surface area contributed by atoms with Crippen molar-refractivity contribution in [1.82, 2.24) is 44.6 Å². The van der Waals surface area contributed by atoms with E-state index >= 15 is 0 Å². The topological polar surface area (TPSA) is 170 Å². The monoisotopic (exact) mass is 431 g/mol. The molecular weight excluding hydrogens is 410 g/mol. The number of nitrogens with one attached hydrogen (secondary N) is 1. The minimum absolute atomic E-state index is 0.0854. The molecule has 2 saturated heterocycles. The van der Waals surface area contributed by atoms with Gasteiger partial charge in [-0.3, -0.25) is 4.79 Å². The third kappa shape index (κ3) is 2.87. The fourth-order valence-corrected chi connectivity index (χ4v) is 5.08. The lowest BCUT2D eigenvalue weighted by Gasteiger charge is -2.38. The molecule has 2 fully saturated rings. The first-order chi connectivity index (χ1) is 15.6. The van der Waals surface area contributed by atoms with Gasteiger partial charge >= 0.3 is 0 Å². The van der Waals surface area contributed by atoms with Crippen LogP contribution in [0.5, 0.6) is 0 Å². The predicted molar refractivity (Wildman–Crippen MR) is 114 cm³/mol. The third-order valence-corrected chi connectivity index (χ3v) is 6.51. The minimum atomic E-state index is -0.0854. The molecule has 0 aliphatic carbocycles. The molecule has 162 valence electrons. The number of rotatable bonds is 3. The van der Waals surface area contributed by atoms with Crippen molar-refractivity contribution in [1.29, 1.82) is 0 Å². The van der Waals surface area contributed by atoms with E-state index in [4.69, 9.17) is 16.5 Å². The molecular formula is C20H21N11O. The quantitative estimate of drug-likeness (QED) is 0.428. The smallest absolute Gasteiger partial charge is 0.292 e. The Morgan fingerprint density at radius 3 is 2.53 bits per heavy atom. The Morgan fingerprint density at radius 1 is 1.09 bits per heavy atom. The summed E-state index contributed by atoms with van der Waals surface area (Å²) in [6, 6.07) is 2.18. The minimum Gasteiger partial charge on any atom is -0.384 e. The number of hydrogen-bond donors (Lipinski definition) is 3. The highest BCUT2D eigenvalue weighted by Gasteiger charge is 2.45. The standard InChI is InChI=1S/C20H21N11O/c21-16-5-15(28-18-14(8-27-31(16)18)11-6-23-20(22)24-7-11)10-3-12-1-2-13(4-10)30(12)19(32)17-25-9-26-29-17/h5-10,12-13H,1-4,21H2,(H2,22,23,24)(H,25,26,29)/t10-,12-,13+. The molecule has 2 aliphatic heterocycles. The zero-order chi connectivity index (χ0) is 21.8. The van der Waals surface area contributed by atoms with E-state index in [0.717, 1.165) is 42.5 Å². The Labute approximate surface area is 182 Å². The molecule has 2 aliphatic rings. The number of carbonyl (C=O) groups excluding carboxylic acids is 1. The molecule has 0 saturated carbocycles. The van der Waals surface area contributed by atoms with E-state index in [1.165, 1.54) is 6.33 Å². The number of anilines is 2. The molecule has 0 aromatic carbocycles. The fraction of sp³-hybridized carbons (Fsp3) is 0.350. The number of carbonyl (C=O) groups is 1. The summed E-state index contributed by atoms with van der Waals surface area (Å²) in [5.74, 6) is 1.13. The molecule has 6 heterocycles. The summed E-state index contributed by atoms with van der Waals surface area (Å²) in [7, 11) is 0. The number of nitrogens with zero attached hydrogens (tertiary/aromatic N) is 8. The maximum Gasteiger partial charge on any atom is 0.292 e. The van der Waals surface area contributed by atoms with Crippen molar-refractivity contribution in [2.24, 2.45) is 0 Å². The van der Waals surface area contributed by atoms with Crippen molar-refractivity contribution in [3.05, 3.63) is 42.5 Å². The van der Waals surface area contributed by atoms with Crippen LogP contribution < -0.4 is 11.5 Å². The molecule has 6 rings (SSSR count). The van der Waals surface area contributed by atoms with E-state index < -0.39 is 0 Å². The van der Waals surface area contributed by atoms with E-state index in [2.05, 4.69) is 30.2 Å². The van der Waals surface area contributed by atoms with Crippen molar-refractivity contribution in [3.8, 4) is 11.1 Å². The van der Waals surface area contributed by atoms with Crippen LogP contribution in [0.1, 0.15) is 47.9 Å². The van der Waals surface area contributed by atoms with Crippen molar-refractivity contribution in [2.75, 3.05) is 11.5 Å². The Morgan fingerprint density at radius 2 is 1.84 bits per heavy atom. The highest BCUT2D eigenvalue weighted by molar-refractivity contribution is 5.91. The van der Waals surface area contributed by atoms with Crippen LogP contribution in [0.3, 0.4) is 0 Å². The van der Waals surface area contributed by atoms with Gasteiger partial charge in [0.05, 0.1) is 6.20 Å². The van der Waals surface area contributed by atoms with Gasteiger partial charge in [0.25, 0.3) is 5.91 Å². The van der Waals surface area contributed by atoms with Crippen LogP contribution in [0.25, 0.3) is 16.8 Å². The highest BCUT2D eigenvalue weighted by Crippen LogP contribution is 2.43. The summed E-state index contributed by atoms with van der Waals surface area (Å²) in [5, 5.41) is 12.0. The second kappa shape index (κ2) is 6.97. The zero-order valence-corrected chi connectivity index (χ0v) is 17.1. The first-order valence-corrected chi connectivity index (χ1v) is 10.5. The molecule has 0 spiro atoms. The number of piperidine rings is 1. The first kappa shape index (κ1) is 18.7. The zero-order valence-electron chi connectivity index (χ0n) is 17.1. The number of nitrogen functional groups attached to an aromatic ring is 2. The van der Waals surface area contributed by atoms with Gasteiger partial charge in [-0.2, -0.15) is 9.61 Å². The average molecular weight is 431 g/mol. The number of aromatic nitrogens is 8. The number of amides is 1. The second-order valence-electron chi connectivity index (χ2n) is 8.33. The van der Waals surface area contributed by atoms with Gasteiger partial charge in [0, 0.05) is 53.3 Å². The van der Waals surface area contributed by atoms with Crippen LogP contribution in [-0.2, 0) is 0 Å². The van der Waals surface area contributed by atoms with E-state index in [0.29, 0.717) is 17.3 Å². The van der Waals surface area contributed by atoms with E-state index in [1.807, 2.05) is 11.0 Å². The fourth-order valence-electron chi connectivity index (χ4n) is 5.08. The molecule has 4 aromatic rings. The molecule has 1 amide bonds. The van der Waals surface area contributed by atoms with E-state index in [9.17, 15) is 4.79 Å². The molecule has 4 aromatic heterocycles. The lowest BCUT2D eigenvalue weighted by Crippen LogP contribution is -2.46. The van der Waals surface area contributed by atoms with Crippen molar-refractivity contribution in [2.45, 2.75) is 43.7 Å². The lowest BCUT2D eigenvalue weighted by atomic mass is 9.87. The summed E-state index contributed by atoms with van der Waals surface area (Å²) in [4.78, 5) is 30.8. The molecule has 3 atom stereocenters. The molecule has 5 N–H and O–H groups in total. The lowest BCUT2D eigenvalue weighted by molar-refractivity contribution is 0.0557. The molecule has 0 unspecified atom stereocenters. The molecule has 0 radical (unpaired) electrons. The maximum absolute atomic E-state index is 12.9. The van der Waals surface area contributed by atoms with Crippen LogP contribution in [-0.4, -0.2) is 62.6 Å². The Hall–Kier alpha value is -4.09. The van der Waals surface area contributed by atoms with Gasteiger partial charge in [-0.15, -0.1) is 10.2 Å². The summed E-state index contributed by atoms with van der Waals surface area (Å²) in [6.07, 6.45) is 10.0. The number of aromatic amines is 1. The summed E-state index contributed by atoms with van der Waals surface area (Å²) in [6.45, 7) is 0. The van der Waals surface area contributed by atoms with Crippen LogP contribution in [0, 0.1) is 0 Å². The Bertz CT molecular complexity index is 1280. The van der Waals surface area contributed by atoms with Crippen LogP contribution >= 0.6 is 0 Å². The van der Waals surface area contributed by atoms with Crippen molar-refractivity contribution < 1.29 is 4.79 Å². The number of fused-ring (bicyclic) bond motifs is 3. The second-order valence-corrected chi connectivity index (χ2v) is 8.33. The van der Waals surface area contributed by atoms with E-state index in [-0.39, 0.29) is 29.9 Å². The Balaban J connectivity index is 1.33. The van der Waals surface area contributed by atoms with Crippen LogP contribution in [0.2, 0.25) is 0 Å². The van der Waals surface area contributed by atoms with Crippen LogP contribution in [0.15, 0.2) is 31.0 Å². The maximum atomic E-state index is 12.9. The number of nitrogens with two attached hydrogens (primary N) is 2. The van der Waals surface area contributed by atoms with Gasteiger partial charge in [-0.1, -0.05) is 0 Å². The van der Waals surface area contributed by atoms with Crippen LogP contribution in [0.4, 0.5) is 11.8 Å². The molecule has 12 nitrogen and oxygen atoms in total. The van der Waals surface area contributed by atoms with Gasteiger partial charge in [0.1, 0.15) is 12.1 Å². The largest absolute Gasteiger partial charge is 0.384 e. The molecule has 2 bridgehead atoms. The summed E-state index contributed by atoms with van der Waals surface area (Å²) in [5.41, 5.74) is 15.1. The summed E-state index contributed by atoms with van der Waals surface area (Å²) >= 11 is 0. The van der Waals surface area contributed by atoms with Crippen molar-refractivity contribution in [3.63, 3.8) is 0 Å². The summed E-state index contributed by atoms with van der Waals surface area (Å²) < 4.78 is 1.62. The number of hydrogen-bond acceptors (Lipinski definition) is 9. The molecule has 32 heavy (non-hydrogen) atoms. The average Bonchev–Trinajstić information content (AvgIpc) is 3.52. The third-order valence-electron chi connectivity index (χ3n) is 6.51. The number of H-pyrrole nitrogens is 1. The van der Waals surface area contributed by atoms with Gasteiger partial charge in [0.2, 0.25) is 11.8 Å². The van der Waals surface area contributed by atoms with Gasteiger partial charge < -0.3 is 21.4 Å². The Kier molecular flexibility index (Phi) is 4.06. The van der Waals surface area contributed by atoms with E-state index in [1.54, 1.807) is 23.1 Å². The predicted octanol–water partition coefficient (Wildman–Crippen LogP) is 1.02. The first-order valence-electron chi connectivity index (χ1n) is 10.5. The SMILES string of the molecule is Nc1ncc(-c2cnn3c(N)cc([C@@H]4C[C@H]5CC[C@@H](C4)N5C(=O)c4nnc[nH]4)nc23)cn1. The van der Waals surface area contributed by atoms with Gasteiger partial charge in [-0.05, 0) is 25.7 Å². The molecule has 12 heteroatoms. The van der Waals surface area contributed by atoms with Crippen molar-refractivity contribution >= 4 is 23.3 Å². The highest BCUT2D eigenvalue weighted by atomic mass is 16.2.